The van der Waals surface area contributed by atoms with Gasteiger partial charge in [0.2, 0.25) is 5.91 Å². The average molecular weight is 437 g/mol. The molecule has 1 amide bonds. The van der Waals surface area contributed by atoms with Gasteiger partial charge in [0.05, 0.1) is 0 Å². The van der Waals surface area contributed by atoms with E-state index in [9.17, 15) is 13.2 Å². The van der Waals surface area contributed by atoms with Crippen molar-refractivity contribution in [2.24, 2.45) is 0 Å². The molecule has 3 saturated heterocycles. The van der Waals surface area contributed by atoms with Gasteiger partial charge in [-0.25, -0.2) is 0 Å². The van der Waals surface area contributed by atoms with Crippen LogP contribution in [0.1, 0.15) is 32.1 Å². The van der Waals surface area contributed by atoms with Crippen LogP contribution in [-0.4, -0.2) is 103 Å². The summed E-state index contributed by atoms with van der Waals surface area (Å²) in [5.41, 5.74) is 0. The van der Waals surface area contributed by atoms with E-state index in [4.69, 9.17) is 0 Å². The Morgan fingerprint density at radius 3 is 2.19 bits per heavy atom. The topological polar surface area (TPSA) is 64.2 Å². The van der Waals surface area contributed by atoms with E-state index in [0.29, 0.717) is 45.7 Å². The van der Waals surface area contributed by atoms with Gasteiger partial charge in [0.25, 0.3) is 10.2 Å². The van der Waals surface area contributed by atoms with Crippen molar-refractivity contribution in [1.82, 2.24) is 18.4 Å². The number of rotatable bonds is 7. The van der Waals surface area contributed by atoms with Crippen LogP contribution < -0.4 is 0 Å². The fourth-order valence-corrected chi connectivity index (χ4v) is 8.32. The van der Waals surface area contributed by atoms with E-state index < -0.39 is 10.2 Å². The number of carbonyl (C=O) groups is 1. The number of hydrogen-bond donors (Lipinski definition) is 0. The molecular formula is C17H32N4O3S3. The largest absolute Gasteiger partial charge is 0.340 e. The molecule has 1 unspecified atom stereocenters. The molecule has 0 radical (unpaired) electrons. The number of unbranched alkanes of at least 4 members (excludes halogenated alkanes) is 1. The highest BCUT2D eigenvalue weighted by atomic mass is 33.1. The predicted molar refractivity (Wildman–Crippen MR) is 113 cm³/mol. The van der Waals surface area contributed by atoms with Gasteiger partial charge in [0.1, 0.15) is 0 Å². The van der Waals surface area contributed by atoms with Crippen LogP contribution in [0.4, 0.5) is 0 Å². The van der Waals surface area contributed by atoms with Gasteiger partial charge in [-0.3, -0.25) is 4.79 Å². The molecule has 1 atom stereocenters. The van der Waals surface area contributed by atoms with Gasteiger partial charge in [-0.15, -0.1) is 0 Å². The molecule has 0 aromatic carbocycles. The molecule has 0 saturated carbocycles. The minimum absolute atomic E-state index is 0.181. The van der Waals surface area contributed by atoms with Gasteiger partial charge >= 0.3 is 0 Å². The summed E-state index contributed by atoms with van der Waals surface area (Å²) >= 11 is 0. The Labute approximate surface area is 171 Å². The zero-order valence-electron chi connectivity index (χ0n) is 16.2. The van der Waals surface area contributed by atoms with Crippen molar-refractivity contribution < 1.29 is 13.2 Å². The predicted octanol–water partition coefficient (Wildman–Crippen LogP) is 1.34. The average Bonchev–Trinajstić information content (AvgIpc) is 3.19. The summed E-state index contributed by atoms with van der Waals surface area (Å²) in [5, 5.41) is 0.772. The first-order chi connectivity index (χ1) is 13.0. The van der Waals surface area contributed by atoms with Gasteiger partial charge in [0.15, 0.2) is 0 Å². The zero-order chi connectivity index (χ0) is 19.3. The summed E-state index contributed by atoms with van der Waals surface area (Å²) in [6, 6.07) is 0. The lowest BCUT2D eigenvalue weighted by molar-refractivity contribution is -0.132. The van der Waals surface area contributed by atoms with E-state index in [0.717, 1.165) is 31.2 Å². The van der Waals surface area contributed by atoms with Crippen LogP contribution in [0.2, 0.25) is 0 Å². The smallest absolute Gasteiger partial charge is 0.282 e. The van der Waals surface area contributed by atoms with Crippen molar-refractivity contribution in [2.75, 3.05) is 65.2 Å². The van der Waals surface area contributed by atoms with Crippen molar-refractivity contribution in [3.05, 3.63) is 0 Å². The van der Waals surface area contributed by atoms with Crippen molar-refractivity contribution in [2.45, 2.75) is 37.4 Å². The maximum absolute atomic E-state index is 12.8. The van der Waals surface area contributed by atoms with E-state index in [1.165, 1.54) is 18.6 Å². The Balaban J connectivity index is 1.36. The van der Waals surface area contributed by atoms with Crippen LogP contribution in [-0.2, 0) is 15.0 Å². The second kappa shape index (κ2) is 10.2. The number of carbonyl (C=O) groups excluding carboxylic acids is 1. The van der Waals surface area contributed by atoms with Crippen LogP contribution in [0.5, 0.6) is 0 Å². The maximum atomic E-state index is 12.8. The summed E-state index contributed by atoms with van der Waals surface area (Å²) in [7, 11) is 2.58. The first-order valence-corrected chi connectivity index (χ1v) is 13.7. The minimum Gasteiger partial charge on any atom is -0.340 e. The Morgan fingerprint density at radius 1 is 0.963 bits per heavy atom. The molecule has 10 heteroatoms. The molecule has 0 aromatic rings. The summed E-state index contributed by atoms with van der Waals surface area (Å²) in [4.78, 5) is 16.4. The third-order valence-electron chi connectivity index (χ3n) is 5.60. The fraction of sp³-hybridized carbons (Fsp3) is 0.941. The molecule has 3 fully saturated rings. The molecule has 27 heavy (non-hydrogen) atoms. The SMILES string of the molecule is CN1CCN(S(=O)(=O)N2CCN(C(=O)CCCCC3CCSS3)CC2)CC1. The molecular weight excluding hydrogens is 404 g/mol. The molecule has 7 nitrogen and oxygen atoms in total. The minimum atomic E-state index is -3.39. The summed E-state index contributed by atoms with van der Waals surface area (Å²) < 4.78 is 28.7. The van der Waals surface area contributed by atoms with Crippen molar-refractivity contribution in [3.8, 4) is 0 Å². The molecule has 0 bridgehead atoms. The molecule has 0 aliphatic carbocycles. The monoisotopic (exact) mass is 436 g/mol. The standard InChI is InChI=1S/C17H32N4O3S3/c1-18-7-11-20(12-8-18)27(23,24)21-13-9-19(10-14-21)17(22)5-3-2-4-16-6-15-25-26-16/h16H,2-15H2,1H3. The summed E-state index contributed by atoms with van der Waals surface area (Å²) in [6.45, 7) is 4.51. The fourth-order valence-electron chi connectivity index (χ4n) is 3.72. The molecule has 0 spiro atoms. The highest BCUT2D eigenvalue weighted by molar-refractivity contribution is 8.77. The second-order valence-corrected chi connectivity index (χ2v) is 12.3. The quantitative estimate of drug-likeness (QED) is 0.443. The van der Waals surface area contributed by atoms with Crippen molar-refractivity contribution in [1.29, 1.82) is 0 Å². The second-order valence-electron chi connectivity index (χ2n) is 7.56. The lowest BCUT2D eigenvalue weighted by Crippen LogP contribution is -2.57. The molecule has 0 aromatic heterocycles. The number of hydrogen-bond acceptors (Lipinski definition) is 6. The molecule has 156 valence electrons. The van der Waals surface area contributed by atoms with E-state index in [-0.39, 0.29) is 5.91 Å². The summed E-state index contributed by atoms with van der Waals surface area (Å²) in [5.74, 6) is 1.44. The van der Waals surface area contributed by atoms with Gasteiger partial charge in [-0.2, -0.15) is 17.0 Å². The third-order valence-corrected chi connectivity index (χ3v) is 10.6. The van der Waals surface area contributed by atoms with Crippen molar-refractivity contribution >= 4 is 37.7 Å². The first kappa shape index (κ1) is 21.7. The zero-order valence-corrected chi connectivity index (χ0v) is 18.7. The third kappa shape index (κ3) is 5.99. The van der Waals surface area contributed by atoms with E-state index in [1.807, 2.05) is 33.5 Å². The lowest BCUT2D eigenvalue weighted by atomic mass is 10.1. The van der Waals surface area contributed by atoms with Gasteiger partial charge < -0.3 is 9.80 Å². The molecule has 0 N–H and O–H groups in total. The van der Waals surface area contributed by atoms with Crippen molar-refractivity contribution in [3.63, 3.8) is 0 Å². The molecule has 3 heterocycles. The van der Waals surface area contributed by atoms with Gasteiger partial charge in [-0.1, -0.05) is 28.0 Å². The number of nitrogens with zero attached hydrogens (tertiary/aromatic N) is 4. The van der Waals surface area contributed by atoms with E-state index >= 15 is 0 Å². The number of likely N-dealkylation sites (N-methyl/N-ethyl adjacent to an activating group) is 1. The Bertz CT molecular complexity index is 582. The van der Waals surface area contributed by atoms with Crippen LogP contribution in [0.25, 0.3) is 0 Å². The van der Waals surface area contributed by atoms with Crippen LogP contribution in [0.3, 0.4) is 0 Å². The molecule has 3 aliphatic rings. The summed E-state index contributed by atoms with van der Waals surface area (Å²) in [6.07, 6.45) is 5.16. The molecule has 3 rings (SSSR count). The van der Waals surface area contributed by atoms with Crippen LogP contribution >= 0.6 is 21.6 Å². The normalized spacial score (nSPS) is 26.6. The van der Waals surface area contributed by atoms with Crippen LogP contribution in [0.15, 0.2) is 0 Å². The highest BCUT2D eigenvalue weighted by Gasteiger charge is 2.34. The first-order valence-electron chi connectivity index (χ1n) is 9.96. The highest BCUT2D eigenvalue weighted by Crippen LogP contribution is 2.39. The van der Waals surface area contributed by atoms with E-state index in [2.05, 4.69) is 4.90 Å². The maximum Gasteiger partial charge on any atom is 0.282 e. The lowest BCUT2D eigenvalue weighted by Gasteiger charge is -2.39. The van der Waals surface area contributed by atoms with Crippen LogP contribution in [0, 0.1) is 0 Å². The molecule has 3 aliphatic heterocycles. The number of amides is 1. The van der Waals surface area contributed by atoms with E-state index in [1.54, 1.807) is 8.61 Å². The van der Waals surface area contributed by atoms with Gasteiger partial charge in [0, 0.05) is 69.8 Å². The Morgan fingerprint density at radius 2 is 1.59 bits per heavy atom. The number of piperazine rings is 2. The Hall–Kier alpha value is -0.000000000000000222. The van der Waals surface area contributed by atoms with Gasteiger partial charge in [-0.05, 0) is 26.3 Å². The Kier molecular flexibility index (Phi) is 8.16.